The molecule has 3 rings (SSSR count). The molecule has 2 aromatic rings. The Kier molecular flexibility index (Phi) is 3.67. The summed E-state index contributed by atoms with van der Waals surface area (Å²) in [6.07, 6.45) is 4.40. The zero-order chi connectivity index (χ0) is 13.8. The number of ether oxygens (including phenoxy) is 1. The number of anilines is 2. The van der Waals surface area contributed by atoms with Gasteiger partial charge in [0, 0.05) is 18.5 Å². The smallest absolute Gasteiger partial charge is 0.147 e. The summed E-state index contributed by atoms with van der Waals surface area (Å²) in [6, 6.07) is 8.33. The molecule has 0 amide bonds. The highest BCUT2D eigenvalue weighted by Gasteiger charge is 2.21. The summed E-state index contributed by atoms with van der Waals surface area (Å²) in [7, 11) is 0. The molecular weight excluding hydrogens is 252 g/mol. The van der Waals surface area contributed by atoms with Crippen LogP contribution in [0.3, 0.4) is 0 Å². The Balaban J connectivity index is 1.80. The summed E-state index contributed by atoms with van der Waals surface area (Å²) in [5, 5.41) is 6.61. The SMILES string of the molecule is CCNc1cncc(NC2CCOc3ccccc32)n1. The molecule has 1 aromatic heterocycles. The number of rotatable bonds is 4. The maximum absolute atomic E-state index is 5.67. The quantitative estimate of drug-likeness (QED) is 0.894. The van der Waals surface area contributed by atoms with Gasteiger partial charge in [0.1, 0.15) is 17.4 Å². The number of fused-ring (bicyclic) bond motifs is 1. The molecule has 20 heavy (non-hydrogen) atoms. The molecule has 0 fully saturated rings. The van der Waals surface area contributed by atoms with Crippen LogP contribution in [-0.2, 0) is 0 Å². The normalized spacial score (nSPS) is 16.9. The molecule has 0 saturated heterocycles. The van der Waals surface area contributed by atoms with Gasteiger partial charge in [-0.25, -0.2) is 4.98 Å². The molecule has 1 aliphatic rings. The molecule has 0 aliphatic carbocycles. The van der Waals surface area contributed by atoms with Gasteiger partial charge in [-0.1, -0.05) is 18.2 Å². The van der Waals surface area contributed by atoms with E-state index in [0.717, 1.165) is 37.0 Å². The number of hydrogen-bond acceptors (Lipinski definition) is 5. The van der Waals surface area contributed by atoms with E-state index in [-0.39, 0.29) is 6.04 Å². The third kappa shape index (κ3) is 2.66. The Hall–Kier alpha value is -2.30. The van der Waals surface area contributed by atoms with Gasteiger partial charge >= 0.3 is 0 Å². The van der Waals surface area contributed by atoms with E-state index in [2.05, 4.69) is 26.7 Å². The lowest BCUT2D eigenvalue weighted by Gasteiger charge is -2.27. The summed E-state index contributed by atoms with van der Waals surface area (Å²) >= 11 is 0. The van der Waals surface area contributed by atoms with Crippen LogP contribution in [0.15, 0.2) is 36.7 Å². The van der Waals surface area contributed by atoms with Crippen LogP contribution in [-0.4, -0.2) is 23.1 Å². The van der Waals surface area contributed by atoms with Crippen molar-refractivity contribution in [3.8, 4) is 5.75 Å². The Morgan fingerprint density at radius 2 is 2.10 bits per heavy atom. The highest BCUT2D eigenvalue weighted by Crippen LogP contribution is 2.33. The fraction of sp³-hybridized carbons (Fsp3) is 0.333. The predicted octanol–water partition coefficient (Wildman–Crippen LogP) is 2.84. The van der Waals surface area contributed by atoms with Crippen LogP contribution >= 0.6 is 0 Å². The van der Waals surface area contributed by atoms with Crippen LogP contribution in [0.25, 0.3) is 0 Å². The molecular formula is C15H18N4O. The molecule has 5 nitrogen and oxygen atoms in total. The highest BCUT2D eigenvalue weighted by molar-refractivity contribution is 5.46. The third-order valence-electron chi connectivity index (χ3n) is 3.27. The maximum Gasteiger partial charge on any atom is 0.147 e. The zero-order valence-electron chi connectivity index (χ0n) is 11.5. The van der Waals surface area contributed by atoms with Crippen LogP contribution in [0.5, 0.6) is 5.75 Å². The Morgan fingerprint density at radius 1 is 1.25 bits per heavy atom. The van der Waals surface area contributed by atoms with Crippen molar-refractivity contribution in [1.29, 1.82) is 0 Å². The zero-order valence-corrected chi connectivity index (χ0v) is 11.5. The monoisotopic (exact) mass is 270 g/mol. The van der Waals surface area contributed by atoms with Crippen LogP contribution < -0.4 is 15.4 Å². The second-order valence-electron chi connectivity index (χ2n) is 4.69. The van der Waals surface area contributed by atoms with Gasteiger partial charge in [-0.05, 0) is 13.0 Å². The number of para-hydroxylation sites is 1. The van der Waals surface area contributed by atoms with E-state index in [1.54, 1.807) is 12.4 Å². The molecule has 0 spiro atoms. The summed E-state index contributed by atoms with van der Waals surface area (Å²) in [4.78, 5) is 8.71. The fourth-order valence-corrected chi connectivity index (χ4v) is 2.37. The van der Waals surface area contributed by atoms with Crippen LogP contribution in [0.4, 0.5) is 11.6 Å². The molecule has 1 atom stereocenters. The molecule has 104 valence electrons. The van der Waals surface area contributed by atoms with Gasteiger partial charge in [-0.15, -0.1) is 0 Å². The lowest BCUT2D eigenvalue weighted by Crippen LogP contribution is -2.21. The molecule has 1 aliphatic heterocycles. The van der Waals surface area contributed by atoms with Gasteiger partial charge in [0.2, 0.25) is 0 Å². The van der Waals surface area contributed by atoms with Crippen molar-refractivity contribution in [1.82, 2.24) is 9.97 Å². The average molecular weight is 270 g/mol. The van der Waals surface area contributed by atoms with Crippen LogP contribution in [0.2, 0.25) is 0 Å². The molecule has 2 N–H and O–H groups in total. The largest absolute Gasteiger partial charge is 0.493 e. The molecule has 2 heterocycles. The lowest BCUT2D eigenvalue weighted by atomic mass is 10.0. The minimum atomic E-state index is 0.214. The highest BCUT2D eigenvalue weighted by atomic mass is 16.5. The van der Waals surface area contributed by atoms with Gasteiger partial charge in [0.15, 0.2) is 0 Å². The van der Waals surface area contributed by atoms with E-state index in [4.69, 9.17) is 4.74 Å². The molecule has 0 radical (unpaired) electrons. The van der Waals surface area contributed by atoms with Crippen molar-refractivity contribution in [2.45, 2.75) is 19.4 Å². The van der Waals surface area contributed by atoms with E-state index >= 15 is 0 Å². The first-order valence-electron chi connectivity index (χ1n) is 6.91. The van der Waals surface area contributed by atoms with Gasteiger partial charge in [0.25, 0.3) is 0 Å². The molecule has 5 heteroatoms. The minimum Gasteiger partial charge on any atom is -0.493 e. The average Bonchev–Trinajstić information content (AvgIpc) is 2.48. The molecule has 1 unspecified atom stereocenters. The topological polar surface area (TPSA) is 59.1 Å². The molecule has 0 bridgehead atoms. The number of benzene rings is 1. The minimum absolute atomic E-state index is 0.214. The first-order chi connectivity index (χ1) is 9.86. The second-order valence-corrected chi connectivity index (χ2v) is 4.69. The van der Waals surface area contributed by atoms with Crippen molar-refractivity contribution >= 4 is 11.6 Å². The first-order valence-corrected chi connectivity index (χ1v) is 6.91. The standard InChI is InChI=1S/C15H18N4O/c1-2-17-14-9-16-10-15(19-14)18-12-7-8-20-13-6-4-3-5-11(12)13/h3-6,9-10,12H,2,7-8H2,1H3,(H2,17,18,19). The number of aromatic nitrogens is 2. The summed E-state index contributed by atoms with van der Waals surface area (Å²) in [5.41, 5.74) is 1.18. The summed E-state index contributed by atoms with van der Waals surface area (Å²) < 4.78 is 5.67. The van der Waals surface area contributed by atoms with Crippen molar-refractivity contribution in [3.63, 3.8) is 0 Å². The van der Waals surface area contributed by atoms with Gasteiger partial charge in [0.05, 0.1) is 25.0 Å². The van der Waals surface area contributed by atoms with E-state index in [1.165, 1.54) is 5.56 Å². The Morgan fingerprint density at radius 3 is 3.00 bits per heavy atom. The fourth-order valence-electron chi connectivity index (χ4n) is 2.37. The van der Waals surface area contributed by atoms with E-state index in [9.17, 15) is 0 Å². The maximum atomic E-state index is 5.67. The van der Waals surface area contributed by atoms with E-state index < -0.39 is 0 Å². The number of nitrogens with one attached hydrogen (secondary N) is 2. The summed E-state index contributed by atoms with van der Waals surface area (Å²) in [5.74, 6) is 2.52. The Labute approximate surface area is 118 Å². The Bertz CT molecular complexity index is 588. The van der Waals surface area contributed by atoms with Crippen molar-refractivity contribution in [2.75, 3.05) is 23.8 Å². The lowest BCUT2D eigenvalue weighted by molar-refractivity contribution is 0.274. The number of nitrogens with zero attached hydrogens (tertiary/aromatic N) is 2. The third-order valence-corrected chi connectivity index (χ3v) is 3.27. The van der Waals surface area contributed by atoms with E-state index in [1.807, 2.05) is 25.1 Å². The summed E-state index contributed by atoms with van der Waals surface area (Å²) in [6.45, 7) is 3.59. The van der Waals surface area contributed by atoms with Crippen molar-refractivity contribution in [2.24, 2.45) is 0 Å². The van der Waals surface area contributed by atoms with E-state index in [0.29, 0.717) is 0 Å². The van der Waals surface area contributed by atoms with Crippen LogP contribution in [0.1, 0.15) is 24.9 Å². The van der Waals surface area contributed by atoms with Gasteiger partial charge in [-0.3, -0.25) is 4.98 Å². The number of hydrogen-bond donors (Lipinski definition) is 2. The first kappa shape index (κ1) is 12.7. The molecule has 0 saturated carbocycles. The van der Waals surface area contributed by atoms with Gasteiger partial charge < -0.3 is 15.4 Å². The second kappa shape index (κ2) is 5.77. The van der Waals surface area contributed by atoms with Crippen molar-refractivity contribution < 1.29 is 4.74 Å². The molecule has 1 aromatic carbocycles. The van der Waals surface area contributed by atoms with Crippen molar-refractivity contribution in [3.05, 3.63) is 42.2 Å². The van der Waals surface area contributed by atoms with Gasteiger partial charge in [-0.2, -0.15) is 0 Å². The predicted molar refractivity (Wildman–Crippen MR) is 79.1 cm³/mol. The van der Waals surface area contributed by atoms with Crippen LogP contribution in [0, 0.1) is 0 Å².